The fourth-order valence-electron chi connectivity index (χ4n) is 1.70. The molecule has 2 rings (SSSR count). The Morgan fingerprint density at radius 1 is 1.05 bits per heavy atom. The molecule has 0 saturated heterocycles. The van der Waals surface area contributed by atoms with Crippen LogP contribution in [0.5, 0.6) is 11.5 Å². The fourth-order valence-corrected chi connectivity index (χ4v) is 1.70. The van der Waals surface area contributed by atoms with E-state index in [2.05, 4.69) is 0 Å². The Bertz CT molecular complexity index is 610. The summed E-state index contributed by atoms with van der Waals surface area (Å²) >= 11 is 0. The largest absolute Gasteiger partial charge is 0.457 e. The molecule has 0 fully saturated rings. The lowest BCUT2D eigenvalue weighted by atomic mass is 10.2. The summed E-state index contributed by atoms with van der Waals surface area (Å²) in [6.07, 6.45) is -4.46. The highest BCUT2D eigenvalue weighted by molar-refractivity contribution is 5.40. The molecular weight excluding hydrogens is 274 g/mol. The highest BCUT2D eigenvalue weighted by Gasteiger charge is 2.30. The Morgan fingerprint density at radius 2 is 1.75 bits per heavy atom. The summed E-state index contributed by atoms with van der Waals surface area (Å²) in [4.78, 5) is 0. The predicted octanol–water partition coefficient (Wildman–Crippen LogP) is 4.10. The number of alkyl halides is 3. The molecule has 0 saturated carbocycles. The van der Waals surface area contributed by atoms with Crippen molar-refractivity contribution >= 4 is 0 Å². The zero-order chi connectivity index (χ0) is 14.8. The Hall–Kier alpha value is -2.08. The monoisotopic (exact) mass is 285 g/mol. The highest BCUT2D eigenvalue weighted by atomic mass is 19.4. The van der Waals surface area contributed by atoms with E-state index < -0.39 is 17.6 Å². The normalized spacial score (nSPS) is 11.4. The Balaban J connectivity index is 2.34. The predicted molar refractivity (Wildman–Crippen MR) is 65.8 cm³/mol. The second kappa shape index (κ2) is 5.50. The van der Waals surface area contributed by atoms with Gasteiger partial charge in [-0.1, -0.05) is 12.1 Å². The molecule has 106 valence electrons. The van der Waals surface area contributed by atoms with Gasteiger partial charge >= 0.3 is 6.18 Å². The first-order chi connectivity index (χ1) is 9.41. The van der Waals surface area contributed by atoms with Crippen molar-refractivity contribution in [1.82, 2.24) is 0 Å². The van der Waals surface area contributed by atoms with Crippen LogP contribution >= 0.6 is 0 Å². The SMILES string of the molecule is NCc1c(F)cccc1Oc1cccc(C(F)(F)F)c1. The summed E-state index contributed by atoms with van der Waals surface area (Å²) in [6, 6.07) is 8.43. The van der Waals surface area contributed by atoms with Gasteiger partial charge in [0, 0.05) is 12.1 Å². The van der Waals surface area contributed by atoms with E-state index in [9.17, 15) is 17.6 Å². The second-order valence-electron chi connectivity index (χ2n) is 4.05. The first-order valence-corrected chi connectivity index (χ1v) is 5.74. The van der Waals surface area contributed by atoms with Crippen LogP contribution in [0, 0.1) is 5.82 Å². The molecule has 0 aliphatic heterocycles. The maximum Gasteiger partial charge on any atom is 0.416 e. The van der Waals surface area contributed by atoms with E-state index in [0.29, 0.717) is 0 Å². The molecule has 0 aliphatic carbocycles. The molecule has 0 atom stereocenters. The summed E-state index contributed by atoms with van der Waals surface area (Å²) in [6.45, 7) is -0.110. The van der Waals surface area contributed by atoms with Crippen LogP contribution < -0.4 is 10.5 Å². The van der Waals surface area contributed by atoms with E-state index in [4.69, 9.17) is 10.5 Å². The summed E-state index contributed by atoms with van der Waals surface area (Å²) in [7, 11) is 0. The smallest absolute Gasteiger partial charge is 0.416 e. The van der Waals surface area contributed by atoms with Crippen LogP contribution in [0.15, 0.2) is 42.5 Å². The van der Waals surface area contributed by atoms with Crippen LogP contribution in [0.3, 0.4) is 0 Å². The van der Waals surface area contributed by atoms with Crippen LogP contribution in [0.4, 0.5) is 17.6 Å². The standard InChI is InChI=1S/C14H11F4NO/c15-12-5-2-6-13(11(12)8-19)20-10-4-1-3-9(7-10)14(16,17)18/h1-7H,8,19H2. The lowest BCUT2D eigenvalue weighted by molar-refractivity contribution is -0.137. The Morgan fingerprint density at radius 3 is 2.40 bits per heavy atom. The van der Waals surface area contributed by atoms with Gasteiger partial charge in [-0.15, -0.1) is 0 Å². The Kier molecular flexibility index (Phi) is 3.94. The molecule has 20 heavy (non-hydrogen) atoms. The van der Waals surface area contributed by atoms with Gasteiger partial charge in [-0.05, 0) is 30.3 Å². The van der Waals surface area contributed by atoms with Gasteiger partial charge < -0.3 is 10.5 Å². The molecule has 0 aromatic heterocycles. The number of rotatable bonds is 3. The van der Waals surface area contributed by atoms with Crippen LogP contribution in [-0.4, -0.2) is 0 Å². The Labute approximate surface area is 112 Å². The third-order valence-corrected chi connectivity index (χ3v) is 2.67. The molecule has 0 aliphatic rings. The van der Waals surface area contributed by atoms with Crippen molar-refractivity contribution in [2.75, 3.05) is 0 Å². The lowest BCUT2D eigenvalue weighted by Crippen LogP contribution is -2.05. The molecule has 0 amide bonds. The minimum absolute atomic E-state index is 0.0277. The zero-order valence-corrected chi connectivity index (χ0v) is 10.2. The molecule has 0 radical (unpaired) electrons. The van der Waals surface area contributed by atoms with Crippen molar-refractivity contribution in [3.63, 3.8) is 0 Å². The minimum atomic E-state index is -4.46. The minimum Gasteiger partial charge on any atom is -0.457 e. The molecule has 2 N–H and O–H groups in total. The zero-order valence-electron chi connectivity index (χ0n) is 10.2. The van der Waals surface area contributed by atoms with Gasteiger partial charge in [0.05, 0.1) is 5.56 Å². The van der Waals surface area contributed by atoms with E-state index in [1.165, 1.54) is 30.3 Å². The van der Waals surface area contributed by atoms with Gasteiger partial charge in [-0.2, -0.15) is 13.2 Å². The summed E-state index contributed by atoms with van der Waals surface area (Å²) in [5, 5.41) is 0. The summed E-state index contributed by atoms with van der Waals surface area (Å²) in [5.41, 5.74) is 4.69. The van der Waals surface area contributed by atoms with E-state index in [1.807, 2.05) is 0 Å². The van der Waals surface area contributed by atoms with Crippen molar-refractivity contribution in [3.05, 3.63) is 59.4 Å². The van der Waals surface area contributed by atoms with Crippen LogP contribution in [0.25, 0.3) is 0 Å². The van der Waals surface area contributed by atoms with Crippen molar-refractivity contribution in [3.8, 4) is 11.5 Å². The third kappa shape index (κ3) is 3.08. The number of ether oxygens (including phenoxy) is 1. The second-order valence-corrected chi connectivity index (χ2v) is 4.05. The maximum atomic E-state index is 13.5. The molecular formula is C14H11F4NO. The van der Waals surface area contributed by atoms with E-state index in [-0.39, 0.29) is 23.6 Å². The number of halogens is 4. The highest BCUT2D eigenvalue weighted by Crippen LogP contribution is 2.33. The van der Waals surface area contributed by atoms with E-state index >= 15 is 0 Å². The average Bonchev–Trinajstić information content (AvgIpc) is 2.38. The summed E-state index contributed by atoms with van der Waals surface area (Å²) in [5.74, 6) is -0.482. The molecule has 2 nitrogen and oxygen atoms in total. The van der Waals surface area contributed by atoms with E-state index in [0.717, 1.165) is 12.1 Å². The van der Waals surface area contributed by atoms with Gasteiger partial charge in [0.15, 0.2) is 0 Å². The molecule has 2 aromatic carbocycles. The molecule has 6 heteroatoms. The van der Waals surface area contributed by atoms with Crippen LogP contribution in [-0.2, 0) is 12.7 Å². The molecule has 0 unspecified atom stereocenters. The number of hydrogen-bond donors (Lipinski definition) is 1. The number of benzene rings is 2. The van der Waals surface area contributed by atoms with Gasteiger partial charge in [0.2, 0.25) is 0 Å². The first-order valence-electron chi connectivity index (χ1n) is 5.74. The van der Waals surface area contributed by atoms with Crippen molar-refractivity contribution < 1.29 is 22.3 Å². The van der Waals surface area contributed by atoms with Gasteiger partial charge in [0.1, 0.15) is 17.3 Å². The molecule has 0 bridgehead atoms. The van der Waals surface area contributed by atoms with Crippen molar-refractivity contribution in [2.45, 2.75) is 12.7 Å². The van der Waals surface area contributed by atoms with Gasteiger partial charge in [-0.25, -0.2) is 4.39 Å². The van der Waals surface area contributed by atoms with Crippen molar-refractivity contribution in [1.29, 1.82) is 0 Å². The number of hydrogen-bond acceptors (Lipinski definition) is 2. The van der Waals surface area contributed by atoms with Crippen LogP contribution in [0.2, 0.25) is 0 Å². The van der Waals surface area contributed by atoms with Crippen molar-refractivity contribution in [2.24, 2.45) is 5.73 Å². The lowest BCUT2D eigenvalue weighted by Gasteiger charge is -2.12. The molecule has 0 heterocycles. The first kappa shape index (κ1) is 14.3. The van der Waals surface area contributed by atoms with Crippen LogP contribution in [0.1, 0.15) is 11.1 Å². The maximum absolute atomic E-state index is 13.5. The third-order valence-electron chi connectivity index (χ3n) is 2.67. The molecule has 0 spiro atoms. The average molecular weight is 285 g/mol. The number of nitrogens with two attached hydrogens (primary N) is 1. The topological polar surface area (TPSA) is 35.2 Å². The van der Waals surface area contributed by atoms with Gasteiger partial charge in [0.25, 0.3) is 0 Å². The molecule has 2 aromatic rings. The van der Waals surface area contributed by atoms with Gasteiger partial charge in [-0.3, -0.25) is 0 Å². The fraction of sp³-hybridized carbons (Fsp3) is 0.143. The summed E-state index contributed by atoms with van der Waals surface area (Å²) < 4.78 is 56.5. The quantitative estimate of drug-likeness (QED) is 0.862. The van der Waals surface area contributed by atoms with E-state index in [1.54, 1.807) is 0 Å².